The Balaban J connectivity index is 1.68. The molecule has 0 unspecified atom stereocenters. The Morgan fingerprint density at radius 3 is 2.43 bits per heavy atom. The van der Waals surface area contributed by atoms with E-state index in [1.165, 1.54) is 42.2 Å². The van der Waals surface area contributed by atoms with E-state index in [0.29, 0.717) is 23.4 Å². The van der Waals surface area contributed by atoms with Crippen LogP contribution in [-0.2, 0) is 13.1 Å². The van der Waals surface area contributed by atoms with E-state index in [4.69, 9.17) is 4.74 Å². The molecule has 194 valence electrons. The van der Waals surface area contributed by atoms with E-state index in [2.05, 4.69) is 10.3 Å². The minimum absolute atomic E-state index is 0.106. The number of hydrogen-bond donors (Lipinski definition) is 1. The Morgan fingerprint density at radius 1 is 1.11 bits per heavy atom. The average molecular weight is 516 g/mol. The van der Waals surface area contributed by atoms with Gasteiger partial charge in [0.1, 0.15) is 23.2 Å². The van der Waals surface area contributed by atoms with Gasteiger partial charge < -0.3 is 15.0 Å². The van der Waals surface area contributed by atoms with Crippen molar-refractivity contribution >= 4 is 17.6 Å². The lowest BCUT2D eigenvalue weighted by atomic mass is 9.98. The lowest BCUT2D eigenvalue weighted by Gasteiger charge is -2.40. The summed E-state index contributed by atoms with van der Waals surface area (Å²) in [4.78, 5) is 32.9. The number of halogens is 4. The van der Waals surface area contributed by atoms with E-state index >= 15 is 0 Å². The van der Waals surface area contributed by atoms with Crippen LogP contribution in [0.2, 0.25) is 0 Å². The molecule has 4 rings (SSSR count). The maximum Gasteiger partial charge on any atom is 0.325 e. The quantitative estimate of drug-likeness (QED) is 0.467. The number of ether oxygens (including phenoxy) is 1. The molecule has 2 heterocycles. The molecule has 1 aliphatic rings. The van der Waals surface area contributed by atoms with E-state index in [1.807, 2.05) is 6.92 Å². The number of nitrogens with zero attached hydrogens (tertiary/aromatic N) is 3. The molecule has 7 nitrogen and oxygen atoms in total. The molecule has 1 aromatic heterocycles. The number of pyridine rings is 1. The summed E-state index contributed by atoms with van der Waals surface area (Å²) in [6.45, 7) is 2.59. The zero-order valence-electron chi connectivity index (χ0n) is 20.5. The van der Waals surface area contributed by atoms with Crippen molar-refractivity contribution in [2.45, 2.75) is 33.0 Å². The Labute approximate surface area is 210 Å². The first-order chi connectivity index (χ1) is 17.5. The fourth-order valence-electron chi connectivity index (χ4n) is 4.20. The highest BCUT2D eigenvalue weighted by Crippen LogP contribution is 2.38. The van der Waals surface area contributed by atoms with E-state index in [0.717, 1.165) is 0 Å². The molecule has 3 aromatic rings. The highest BCUT2D eigenvalue weighted by molar-refractivity contribution is 5.99. The van der Waals surface area contributed by atoms with Gasteiger partial charge >= 0.3 is 6.03 Å². The minimum atomic E-state index is -1.12. The van der Waals surface area contributed by atoms with Crippen molar-refractivity contribution in [3.63, 3.8) is 0 Å². The molecule has 37 heavy (non-hydrogen) atoms. The molecule has 3 amide bonds. The number of amides is 3. The zero-order chi connectivity index (χ0) is 27.0. The number of fused-ring (bicyclic) bond motifs is 1. The second-order valence-electron chi connectivity index (χ2n) is 8.66. The zero-order valence-corrected chi connectivity index (χ0v) is 20.5. The van der Waals surface area contributed by atoms with Crippen molar-refractivity contribution in [1.29, 1.82) is 0 Å². The molecule has 0 bridgehead atoms. The summed E-state index contributed by atoms with van der Waals surface area (Å²) in [7, 11) is 2.98. The van der Waals surface area contributed by atoms with Crippen molar-refractivity contribution in [1.82, 2.24) is 15.2 Å². The molecule has 1 atom stereocenters. The number of aromatic nitrogens is 1. The Morgan fingerprint density at radius 2 is 1.78 bits per heavy atom. The number of nitrogens with one attached hydrogen (secondary N) is 1. The molecule has 0 aliphatic carbocycles. The van der Waals surface area contributed by atoms with E-state index in [-0.39, 0.29) is 35.2 Å². The number of rotatable bonds is 6. The number of carbonyl (C=O) groups excluding carboxylic acids is 2. The largest absolute Gasteiger partial charge is 0.495 e. The van der Waals surface area contributed by atoms with Crippen molar-refractivity contribution in [3.8, 4) is 5.75 Å². The van der Waals surface area contributed by atoms with Gasteiger partial charge in [0.05, 0.1) is 42.8 Å². The van der Waals surface area contributed by atoms with Gasteiger partial charge in [-0.2, -0.15) is 0 Å². The molecule has 0 spiro atoms. The maximum atomic E-state index is 15.0. The van der Waals surface area contributed by atoms with Crippen LogP contribution in [0.25, 0.3) is 0 Å². The first kappa shape index (κ1) is 25.9. The van der Waals surface area contributed by atoms with Gasteiger partial charge in [-0.25, -0.2) is 22.4 Å². The smallest absolute Gasteiger partial charge is 0.325 e. The van der Waals surface area contributed by atoms with E-state index < -0.39 is 47.3 Å². The van der Waals surface area contributed by atoms with Crippen LogP contribution in [0, 0.1) is 30.2 Å². The third-order valence-electron chi connectivity index (χ3n) is 6.47. The van der Waals surface area contributed by atoms with Crippen LogP contribution in [0.4, 0.5) is 28.0 Å². The number of carbonyl (C=O) groups is 2. The molecule has 0 saturated heterocycles. The molecule has 1 aliphatic heterocycles. The third kappa shape index (κ3) is 4.81. The minimum Gasteiger partial charge on any atom is -0.495 e. The number of methoxy groups -OCH3 is 1. The first-order valence-electron chi connectivity index (χ1n) is 11.3. The number of hydrogen-bond acceptors (Lipinski definition) is 4. The molecule has 2 aromatic carbocycles. The molecular formula is C26H24F4N4O3. The lowest BCUT2D eigenvalue weighted by molar-refractivity contribution is 0.0950. The second kappa shape index (κ2) is 10.1. The van der Waals surface area contributed by atoms with Crippen molar-refractivity contribution < 1.29 is 31.9 Å². The van der Waals surface area contributed by atoms with Crippen LogP contribution >= 0.6 is 0 Å². The highest BCUT2D eigenvalue weighted by atomic mass is 19.1. The molecule has 11 heteroatoms. The summed E-state index contributed by atoms with van der Waals surface area (Å²) in [6, 6.07) is 4.92. The molecular weight excluding hydrogens is 492 g/mol. The van der Waals surface area contributed by atoms with Gasteiger partial charge in [0, 0.05) is 36.9 Å². The molecule has 0 radical (unpaired) electrons. The van der Waals surface area contributed by atoms with Crippen molar-refractivity contribution in [2.75, 3.05) is 19.1 Å². The molecule has 1 N–H and O–H groups in total. The van der Waals surface area contributed by atoms with Gasteiger partial charge in [0.25, 0.3) is 5.91 Å². The predicted molar refractivity (Wildman–Crippen MR) is 127 cm³/mol. The highest BCUT2D eigenvalue weighted by Gasteiger charge is 2.35. The average Bonchev–Trinajstić information content (AvgIpc) is 2.86. The summed E-state index contributed by atoms with van der Waals surface area (Å²) in [5.74, 6) is -4.45. The van der Waals surface area contributed by atoms with Crippen molar-refractivity contribution in [2.24, 2.45) is 0 Å². The summed E-state index contributed by atoms with van der Waals surface area (Å²) in [5, 5.41) is 2.41. The van der Waals surface area contributed by atoms with E-state index in [1.54, 1.807) is 13.1 Å². The van der Waals surface area contributed by atoms with Crippen LogP contribution in [0.3, 0.4) is 0 Å². The normalized spacial score (nSPS) is 15.0. The van der Waals surface area contributed by atoms with Gasteiger partial charge in [-0.3, -0.25) is 14.7 Å². The number of aryl methyl sites for hydroxylation is 1. The monoisotopic (exact) mass is 516 g/mol. The molecule has 0 fully saturated rings. The second-order valence-corrected chi connectivity index (χ2v) is 8.66. The van der Waals surface area contributed by atoms with E-state index in [9.17, 15) is 27.2 Å². The number of benzene rings is 2. The molecule has 0 saturated carbocycles. The van der Waals surface area contributed by atoms with Crippen LogP contribution in [-0.4, -0.2) is 36.0 Å². The van der Waals surface area contributed by atoms with Crippen molar-refractivity contribution in [3.05, 3.63) is 87.7 Å². The maximum absolute atomic E-state index is 15.0. The fourth-order valence-corrected chi connectivity index (χ4v) is 4.20. The van der Waals surface area contributed by atoms with Gasteiger partial charge in [-0.05, 0) is 31.5 Å². The van der Waals surface area contributed by atoms with Crippen LogP contribution in [0.1, 0.15) is 45.7 Å². The summed E-state index contributed by atoms with van der Waals surface area (Å²) >= 11 is 0. The van der Waals surface area contributed by atoms with Gasteiger partial charge in [0.15, 0.2) is 5.82 Å². The summed E-state index contributed by atoms with van der Waals surface area (Å²) < 4.78 is 61.4. The summed E-state index contributed by atoms with van der Waals surface area (Å²) in [5.41, 5.74) is 0.952. The number of anilines is 1. The van der Waals surface area contributed by atoms with Crippen LogP contribution in [0.5, 0.6) is 5.75 Å². The standard InChI is InChI=1S/C26H24F4N4O3/c1-13-24(30)19(23(37-4)11-31-13)12-34-22-7-15(5-6-17(22)14(2)33(3)26(34)36)25(35)32-10-18-20(28)8-16(27)9-21(18)29/h5-9,11,14H,10,12H2,1-4H3,(H,32,35)/t14-/m0/s1. The van der Waals surface area contributed by atoms with Gasteiger partial charge in [-0.15, -0.1) is 0 Å². The van der Waals surface area contributed by atoms with Crippen LogP contribution < -0.4 is 15.0 Å². The Bertz CT molecular complexity index is 1380. The topological polar surface area (TPSA) is 74.8 Å². The van der Waals surface area contributed by atoms with Gasteiger partial charge in [0.2, 0.25) is 0 Å². The predicted octanol–water partition coefficient (Wildman–Crippen LogP) is 5.02. The van der Waals surface area contributed by atoms with Gasteiger partial charge in [-0.1, -0.05) is 6.07 Å². The summed E-state index contributed by atoms with van der Waals surface area (Å²) in [6.07, 6.45) is 1.37. The third-order valence-corrected chi connectivity index (χ3v) is 6.47. The number of urea groups is 1. The first-order valence-corrected chi connectivity index (χ1v) is 11.3. The lowest BCUT2D eigenvalue weighted by Crippen LogP contribution is -2.46. The van der Waals surface area contributed by atoms with Crippen LogP contribution in [0.15, 0.2) is 36.5 Å². The Kier molecular flexibility index (Phi) is 7.06. The fraction of sp³-hybridized carbons (Fsp3) is 0.269. The Hall–Kier alpha value is -4.15. The SMILES string of the molecule is COc1cnc(C)c(F)c1CN1C(=O)N(C)[C@@H](C)c2ccc(C(=O)NCc3c(F)cc(F)cc3F)cc21.